The second-order valence-corrected chi connectivity index (χ2v) is 7.35. The maximum absolute atomic E-state index is 14.1. The van der Waals surface area contributed by atoms with Crippen molar-refractivity contribution in [1.29, 1.82) is 0 Å². The molecule has 0 aromatic heterocycles. The fraction of sp³-hybridized carbons (Fsp3) is 0.538. The Hall–Kier alpha value is -0.610. The second-order valence-electron chi connectivity index (χ2n) is 5.14. The molecule has 1 fully saturated rings. The van der Waals surface area contributed by atoms with E-state index in [1.54, 1.807) is 6.07 Å². The van der Waals surface area contributed by atoms with Crippen LogP contribution in [-0.4, -0.2) is 23.6 Å². The summed E-state index contributed by atoms with van der Waals surface area (Å²) in [5, 5.41) is 0.135. The first kappa shape index (κ1) is 13.8. The third kappa shape index (κ3) is 2.86. The summed E-state index contributed by atoms with van der Waals surface area (Å²) in [7, 11) is 0. The van der Waals surface area contributed by atoms with Crippen LogP contribution < -0.4 is 10.6 Å². The normalized spacial score (nSPS) is 19.7. The molecule has 5 heteroatoms. The molecule has 0 spiro atoms. The molecule has 1 aliphatic rings. The summed E-state index contributed by atoms with van der Waals surface area (Å²) in [5.74, 6) is 0.569. The topological polar surface area (TPSA) is 29.3 Å². The highest BCUT2D eigenvalue weighted by molar-refractivity contribution is 8.00. The molecule has 2 N–H and O–H groups in total. The van der Waals surface area contributed by atoms with Crippen molar-refractivity contribution in [2.24, 2.45) is 0 Å². The predicted octanol–water partition coefficient (Wildman–Crippen LogP) is 3.78. The summed E-state index contributed by atoms with van der Waals surface area (Å²) in [6.07, 6.45) is 1.00. The lowest BCUT2D eigenvalue weighted by Gasteiger charge is -2.26. The lowest BCUT2D eigenvalue weighted by Crippen LogP contribution is -2.28. The van der Waals surface area contributed by atoms with Crippen LogP contribution in [0.2, 0.25) is 5.02 Å². The van der Waals surface area contributed by atoms with Gasteiger partial charge in [0.1, 0.15) is 0 Å². The summed E-state index contributed by atoms with van der Waals surface area (Å²) in [4.78, 5) is 2.01. The maximum atomic E-state index is 14.1. The van der Waals surface area contributed by atoms with Crippen molar-refractivity contribution in [2.45, 2.75) is 25.0 Å². The SMILES string of the molecule is CC1(C)CCN(c2c(N)ccc(Cl)c2F)CCS1. The van der Waals surface area contributed by atoms with Gasteiger partial charge in [0.05, 0.1) is 16.4 Å². The van der Waals surface area contributed by atoms with Gasteiger partial charge >= 0.3 is 0 Å². The molecule has 100 valence electrons. The van der Waals surface area contributed by atoms with Crippen LogP contribution in [0.5, 0.6) is 0 Å². The second kappa shape index (κ2) is 5.17. The molecule has 1 aromatic rings. The van der Waals surface area contributed by atoms with Gasteiger partial charge in [0.15, 0.2) is 5.82 Å². The molecule has 0 unspecified atom stereocenters. The highest BCUT2D eigenvalue weighted by atomic mass is 35.5. The molecule has 2 rings (SSSR count). The number of nitrogens with zero attached hydrogens (tertiary/aromatic N) is 1. The van der Waals surface area contributed by atoms with Gasteiger partial charge in [0, 0.05) is 23.6 Å². The van der Waals surface area contributed by atoms with E-state index >= 15 is 0 Å². The Labute approximate surface area is 117 Å². The van der Waals surface area contributed by atoms with Crippen LogP contribution >= 0.6 is 23.4 Å². The number of rotatable bonds is 1. The molecule has 1 heterocycles. The fourth-order valence-corrected chi connectivity index (χ4v) is 3.37. The van der Waals surface area contributed by atoms with Crippen molar-refractivity contribution in [3.63, 3.8) is 0 Å². The van der Waals surface area contributed by atoms with Gasteiger partial charge in [0.25, 0.3) is 0 Å². The van der Waals surface area contributed by atoms with Gasteiger partial charge in [-0.3, -0.25) is 0 Å². The molecule has 0 amide bonds. The standard InChI is InChI=1S/C13H18ClFN2S/c1-13(2)5-6-17(7-8-18-13)12-10(16)4-3-9(14)11(12)15/h3-4H,5-8,16H2,1-2H3. The Bertz CT molecular complexity index is 451. The predicted molar refractivity (Wildman–Crippen MR) is 79.2 cm³/mol. The summed E-state index contributed by atoms with van der Waals surface area (Å²) >= 11 is 7.76. The van der Waals surface area contributed by atoms with Gasteiger partial charge < -0.3 is 10.6 Å². The third-order valence-corrected chi connectivity index (χ3v) is 4.92. The quantitative estimate of drug-likeness (QED) is 0.798. The Morgan fingerprint density at radius 3 is 2.83 bits per heavy atom. The fourth-order valence-electron chi connectivity index (χ4n) is 2.12. The van der Waals surface area contributed by atoms with Gasteiger partial charge in [-0.05, 0) is 18.6 Å². The average molecular weight is 289 g/mol. The van der Waals surface area contributed by atoms with Crippen molar-refractivity contribution in [2.75, 3.05) is 29.5 Å². The minimum Gasteiger partial charge on any atom is -0.397 e. The Kier molecular flexibility index (Phi) is 3.97. The van der Waals surface area contributed by atoms with Gasteiger partial charge in [-0.25, -0.2) is 4.39 Å². The number of thioether (sulfide) groups is 1. The average Bonchev–Trinajstić information content (AvgIpc) is 2.46. The van der Waals surface area contributed by atoms with Crippen molar-refractivity contribution in [3.8, 4) is 0 Å². The molecule has 0 aliphatic carbocycles. The number of anilines is 2. The van der Waals surface area contributed by atoms with Crippen molar-refractivity contribution in [1.82, 2.24) is 0 Å². The van der Waals surface area contributed by atoms with E-state index in [1.807, 2.05) is 16.7 Å². The first-order chi connectivity index (χ1) is 8.41. The molecule has 1 aromatic carbocycles. The minimum absolute atomic E-state index is 0.135. The Morgan fingerprint density at radius 2 is 2.11 bits per heavy atom. The van der Waals surface area contributed by atoms with Crippen LogP contribution in [0.25, 0.3) is 0 Å². The molecule has 0 radical (unpaired) electrons. The first-order valence-electron chi connectivity index (χ1n) is 6.03. The highest BCUT2D eigenvalue weighted by Crippen LogP contribution is 2.36. The van der Waals surface area contributed by atoms with Crippen LogP contribution in [0.3, 0.4) is 0 Å². The highest BCUT2D eigenvalue weighted by Gasteiger charge is 2.26. The monoisotopic (exact) mass is 288 g/mol. The first-order valence-corrected chi connectivity index (χ1v) is 7.39. The van der Waals surface area contributed by atoms with E-state index in [1.165, 1.54) is 6.07 Å². The number of nitrogens with two attached hydrogens (primary N) is 1. The van der Waals surface area contributed by atoms with Gasteiger partial charge in [-0.15, -0.1) is 0 Å². The molecule has 18 heavy (non-hydrogen) atoms. The lowest BCUT2D eigenvalue weighted by atomic mass is 10.1. The van der Waals surface area contributed by atoms with Crippen molar-refractivity contribution < 1.29 is 4.39 Å². The van der Waals surface area contributed by atoms with Crippen molar-refractivity contribution in [3.05, 3.63) is 23.0 Å². The van der Waals surface area contributed by atoms with Crippen molar-refractivity contribution >= 4 is 34.7 Å². The molecule has 0 bridgehead atoms. The molecular formula is C13H18ClFN2S. The van der Waals surface area contributed by atoms with E-state index in [4.69, 9.17) is 17.3 Å². The zero-order valence-corrected chi connectivity index (χ0v) is 12.2. The Morgan fingerprint density at radius 1 is 1.39 bits per heavy atom. The van der Waals surface area contributed by atoms with Crippen LogP contribution in [0.4, 0.5) is 15.8 Å². The van der Waals surface area contributed by atoms with Crippen LogP contribution in [0, 0.1) is 5.82 Å². The van der Waals surface area contributed by atoms with E-state index < -0.39 is 5.82 Å². The molecule has 0 saturated carbocycles. The van der Waals surface area contributed by atoms with Crippen LogP contribution in [0.1, 0.15) is 20.3 Å². The third-order valence-electron chi connectivity index (χ3n) is 3.25. The molecule has 1 saturated heterocycles. The van der Waals surface area contributed by atoms with E-state index in [0.717, 1.165) is 25.3 Å². The zero-order valence-electron chi connectivity index (χ0n) is 10.7. The van der Waals surface area contributed by atoms with E-state index in [2.05, 4.69) is 13.8 Å². The smallest absolute Gasteiger partial charge is 0.167 e. The van der Waals surface area contributed by atoms with E-state index in [0.29, 0.717) is 11.4 Å². The summed E-state index contributed by atoms with van der Waals surface area (Å²) in [5.41, 5.74) is 6.81. The molecule has 1 aliphatic heterocycles. The molecule has 2 nitrogen and oxygen atoms in total. The summed E-state index contributed by atoms with van der Waals surface area (Å²) in [6, 6.07) is 3.18. The maximum Gasteiger partial charge on any atom is 0.167 e. The van der Waals surface area contributed by atoms with Crippen LogP contribution in [-0.2, 0) is 0 Å². The summed E-state index contributed by atoms with van der Waals surface area (Å²) < 4.78 is 14.3. The number of hydrogen-bond donors (Lipinski definition) is 1. The number of benzene rings is 1. The summed E-state index contributed by atoms with van der Waals surface area (Å²) in [6.45, 7) is 6.05. The largest absolute Gasteiger partial charge is 0.397 e. The minimum atomic E-state index is -0.402. The van der Waals surface area contributed by atoms with Gasteiger partial charge in [0.2, 0.25) is 0 Å². The number of nitrogen functional groups attached to an aromatic ring is 1. The van der Waals surface area contributed by atoms with E-state index in [9.17, 15) is 4.39 Å². The number of halogens is 2. The molecule has 0 atom stereocenters. The zero-order chi connectivity index (χ0) is 13.3. The molecular weight excluding hydrogens is 271 g/mol. The van der Waals surface area contributed by atoms with Gasteiger partial charge in [-0.2, -0.15) is 11.8 Å². The Balaban J connectivity index is 2.29. The van der Waals surface area contributed by atoms with E-state index in [-0.39, 0.29) is 9.77 Å². The lowest BCUT2D eigenvalue weighted by molar-refractivity contribution is 0.603. The number of hydrogen-bond acceptors (Lipinski definition) is 3. The van der Waals surface area contributed by atoms with Crippen LogP contribution in [0.15, 0.2) is 12.1 Å². The van der Waals surface area contributed by atoms with Gasteiger partial charge in [-0.1, -0.05) is 25.4 Å².